The number of benzene rings is 2. The van der Waals surface area contributed by atoms with E-state index in [1.807, 2.05) is 72.8 Å². The summed E-state index contributed by atoms with van der Waals surface area (Å²) < 4.78 is 0. The molecule has 0 unspecified atom stereocenters. The van der Waals surface area contributed by atoms with Gasteiger partial charge in [-0.1, -0.05) is 66.7 Å². The summed E-state index contributed by atoms with van der Waals surface area (Å²) >= 11 is 0. The Bertz CT molecular complexity index is 641. The lowest BCUT2D eigenvalue weighted by molar-refractivity contribution is 0.0810. The fourth-order valence-corrected chi connectivity index (χ4v) is 2.60. The first kappa shape index (κ1) is 13.5. The molecule has 2 aromatic carbocycles. The van der Waals surface area contributed by atoms with E-state index >= 15 is 0 Å². The maximum Gasteiger partial charge on any atom is 0.119 e. The molecule has 0 fully saturated rings. The van der Waals surface area contributed by atoms with Crippen LogP contribution in [0.2, 0.25) is 0 Å². The van der Waals surface area contributed by atoms with Crippen molar-refractivity contribution in [2.45, 2.75) is 12.0 Å². The SMILES string of the molecule is OC(Cc1cccnc1)(c1ccccc1)c1ccccc1. The highest BCUT2D eigenvalue weighted by Gasteiger charge is 2.31. The average molecular weight is 275 g/mol. The van der Waals surface area contributed by atoms with Crippen LogP contribution in [0.1, 0.15) is 16.7 Å². The van der Waals surface area contributed by atoms with E-state index < -0.39 is 5.60 Å². The van der Waals surface area contributed by atoms with Crippen molar-refractivity contribution in [3.05, 3.63) is 102 Å². The third-order valence-electron chi connectivity index (χ3n) is 3.69. The van der Waals surface area contributed by atoms with Gasteiger partial charge in [0.05, 0.1) is 0 Å². The summed E-state index contributed by atoms with van der Waals surface area (Å²) in [6.45, 7) is 0. The molecule has 3 aromatic rings. The molecule has 1 heterocycles. The van der Waals surface area contributed by atoms with Crippen molar-refractivity contribution < 1.29 is 5.11 Å². The predicted molar refractivity (Wildman–Crippen MR) is 83.8 cm³/mol. The lowest BCUT2D eigenvalue weighted by Gasteiger charge is -2.29. The molecule has 1 N–H and O–H groups in total. The van der Waals surface area contributed by atoms with E-state index in [0.29, 0.717) is 6.42 Å². The lowest BCUT2D eigenvalue weighted by Crippen LogP contribution is -2.30. The van der Waals surface area contributed by atoms with Crippen molar-refractivity contribution in [3.63, 3.8) is 0 Å². The molecule has 21 heavy (non-hydrogen) atoms. The van der Waals surface area contributed by atoms with Crippen molar-refractivity contribution in [3.8, 4) is 0 Å². The van der Waals surface area contributed by atoms with Crippen LogP contribution in [0.3, 0.4) is 0 Å². The van der Waals surface area contributed by atoms with Crippen LogP contribution in [0.25, 0.3) is 0 Å². The Balaban J connectivity index is 2.07. The molecular weight excluding hydrogens is 258 g/mol. The molecule has 0 saturated carbocycles. The zero-order valence-corrected chi connectivity index (χ0v) is 11.7. The molecule has 0 bridgehead atoms. The predicted octanol–water partition coefficient (Wildman–Crippen LogP) is 3.56. The van der Waals surface area contributed by atoms with Gasteiger partial charge < -0.3 is 5.11 Å². The fourth-order valence-electron chi connectivity index (χ4n) is 2.60. The number of hydrogen-bond acceptors (Lipinski definition) is 2. The van der Waals surface area contributed by atoms with Gasteiger partial charge in [0.2, 0.25) is 0 Å². The van der Waals surface area contributed by atoms with Crippen LogP contribution in [0, 0.1) is 0 Å². The zero-order valence-electron chi connectivity index (χ0n) is 11.7. The minimum atomic E-state index is -1.05. The van der Waals surface area contributed by atoms with Crippen molar-refractivity contribution >= 4 is 0 Å². The molecule has 2 heteroatoms. The zero-order chi connectivity index (χ0) is 14.5. The van der Waals surface area contributed by atoms with Gasteiger partial charge in [0.1, 0.15) is 5.60 Å². The maximum absolute atomic E-state index is 11.4. The van der Waals surface area contributed by atoms with E-state index in [2.05, 4.69) is 4.98 Å². The number of rotatable bonds is 4. The van der Waals surface area contributed by atoms with Crippen LogP contribution in [-0.2, 0) is 12.0 Å². The molecular formula is C19H17NO. The molecule has 0 radical (unpaired) electrons. The summed E-state index contributed by atoms with van der Waals surface area (Å²) in [6, 6.07) is 23.4. The standard InChI is InChI=1S/C19H17NO/c21-19(17-9-3-1-4-10-17,18-11-5-2-6-12-18)14-16-8-7-13-20-15-16/h1-13,15,21H,14H2. The van der Waals surface area contributed by atoms with Gasteiger partial charge in [-0.05, 0) is 22.8 Å². The lowest BCUT2D eigenvalue weighted by atomic mass is 9.82. The van der Waals surface area contributed by atoms with E-state index in [9.17, 15) is 5.11 Å². The molecule has 0 aliphatic rings. The van der Waals surface area contributed by atoms with Gasteiger partial charge in [-0.3, -0.25) is 4.98 Å². The quantitative estimate of drug-likeness (QED) is 0.789. The second-order valence-corrected chi connectivity index (χ2v) is 5.13. The topological polar surface area (TPSA) is 33.1 Å². The van der Waals surface area contributed by atoms with E-state index in [4.69, 9.17) is 0 Å². The molecule has 0 saturated heterocycles. The van der Waals surface area contributed by atoms with Gasteiger partial charge in [-0.25, -0.2) is 0 Å². The van der Waals surface area contributed by atoms with E-state index in [1.165, 1.54) is 0 Å². The summed E-state index contributed by atoms with van der Waals surface area (Å²) in [7, 11) is 0. The number of hydrogen-bond donors (Lipinski definition) is 1. The van der Waals surface area contributed by atoms with E-state index in [-0.39, 0.29) is 0 Å². The summed E-state index contributed by atoms with van der Waals surface area (Å²) in [4.78, 5) is 4.15. The third kappa shape index (κ3) is 2.86. The van der Waals surface area contributed by atoms with Crippen molar-refractivity contribution in [1.82, 2.24) is 4.98 Å². The Morgan fingerprint density at radius 3 is 1.81 bits per heavy atom. The molecule has 0 atom stereocenters. The van der Waals surface area contributed by atoms with Gasteiger partial charge >= 0.3 is 0 Å². The smallest absolute Gasteiger partial charge is 0.119 e. The largest absolute Gasteiger partial charge is 0.380 e. The highest BCUT2D eigenvalue weighted by molar-refractivity contribution is 5.38. The Labute approximate surface area is 124 Å². The minimum Gasteiger partial charge on any atom is -0.380 e. The summed E-state index contributed by atoms with van der Waals surface area (Å²) in [5.74, 6) is 0. The van der Waals surface area contributed by atoms with Gasteiger partial charge in [0, 0.05) is 18.8 Å². The van der Waals surface area contributed by atoms with Crippen LogP contribution in [0.5, 0.6) is 0 Å². The van der Waals surface area contributed by atoms with Gasteiger partial charge in [-0.15, -0.1) is 0 Å². The van der Waals surface area contributed by atoms with Crippen LogP contribution < -0.4 is 0 Å². The Hall–Kier alpha value is -2.45. The Morgan fingerprint density at radius 1 is 0.762 bits per heavy atom. The summed E-state index contributed by atoms with van der Waals surface area (Å²) in [6.07, 6.45) is 4.04. The Kier molecular flexibility index (Phi) is 3.80. The molecule has 0 aliphatic carbocycles. The minimum absolute atomic E-state index is 0.495. The number of aromatic nitrogens is 1. The van der Waals surface area contributed by atoms with Crippen LogP contribution >= 0.6 is 0 Å². The van der Waals surface area contributed by atoms with Gasteiger partial charge in [0.15, 0.2) is 0 Å². The maximum atomic E-state index is 11.4. The molecule has 3 rings (SSSR count). The van der Waals surface area contributed by atoms with Crippen LogP contribution in [-0.4, -0.2) is 10.1 Å². The highest BCUT2D eigenvalue weighted by Crippen LogP contribution is 2.32. The first-order valence-electron chi connectivity index (χ1n) is 7.01. The van der Waals surface area contributed by atoms with Crippen molar-refractivity contribution in [2.24, 2.45) is 0 Å². The molecule has 104 valence electrons. The van der Waals surface area contributed by atoms with Gasteiger partial charge in [0.25, 0.3) is 0 Å². The van der Waals surface area contributed by atoms with Crippen molar-refractivity contribution in [2.75, 3.05) is 0 Å². The normalized spacial score (nSPS) is 11.3. The second-order valence-electron chi connectivity index (χ2n) is 5.13. The van der Waals surface area contributed by atoms with Gasteiger partial charge in [-0.2, -0.15) is 0 Å². The Morgan fingerprint density at radius 2 is 1.33 bits per heavy atom. The molecule has 1 aromatic heterocycles. The molecule has 0 spiro atoms. The number of pyridine rings is 1. The van der Waals surface area contributed by atoms with Crippen molar-refractivity contribution in [1.29, 1.82) is 0 Å². The first-order chi connectivity index (χ1) is 10.3. The third-order valence-corrected chi connectivity index (χ3v) is 3.69. The monoisotopic (exact) mass is 275 g/mol. The number of aliphatic hydroxyl groups is 1. The average Bonchev–Trinajstić information content (AvgIpc) is 2.57. The van der Waals surface area contributed by atoms with E-state index in [1.54, 1.807) is 12.4 Å². The summed E-state index contributed by atoms with van der Waals surface area (Å²) in [5.41, 5.74) is 1.73. The molecule has 0 amide bonds. The molecule has 0 aliphatic heterocycles. The summed E-state index contributed by atoms with van der Waals surface area (Å²) in [5, 5.41) is 11.4. The number of nitrogens with zero attached hydrogens (tertiary/aromatic N) is 1. The molecule has 2 nitrogen and oxygen atoms in total. The van der Waals surface area contributed by atoms with Crippen LogP contribution in [0.4, 0.5) is 0 Å². The highest BCUT2D eigenvalue weighted by atomic mass is 16.3. The fraction of sp³-hybridized carbons (Fsp3) is 0.105. The second kappa shape index (κ2) is 5.90. The first-order valence-corrected chi connectivity index (χ1v) is 7.01. The van der Waals surface area contributed by atoms with E-state index in [0.717, 1.165) is 16.7 Å². The van der Waals surface area contributed by atoms with Crippen LogP contribution in [0.15, 0.2) is 85.2 Å².